The quantitative estimate of drug-likeness (QED) is 0.737. The van der Waals surface area contributed by atoms with Gasteiger partial charge in [-0.25, -0.2) is 4.98 Å². The first-order valence-corrected chi connectivity index (χ1v) is 6.87. The lowest BCUT2D eigenvalue weighted by Gasteiger charge is -2.27. The van der Waals surface area contributed by atoms with Crippen LogP contribution < -0.4 is 0 Å². The van der Waals surface area contributed by atoms with Crippen molar-refractivity contribution in [2.45, 2.75) is 13.1 Å². The Balaban J connectivity index is 1.83. The number of benzene rings is 1. The molecule has 0 spiro atoms. The van der Waals surface area contributed by atoms with E-state index in [1.165, 1.54) is 0 Å². The van der Waals surface area contributed by atoms with Gasteiger partial charge in [0.1, 0.15) is 5.82 Å². The summed E-state index contributed by atoms with van der Waals surface area (Å²) in [6.07, 6.45) is 3.75. The van der Waals surface area contributed by atoms with E-state index in [9.17, 15) is 4.79 Å². The van der Waals surface area contributed by atoms with Crippen molar-refractivity contribution in [3.05, 3.63) is 51.6 Å². The van der Waals surface area contributed by atoms with Gasteiger partial charge in [-0.1, -0.05) is 6.07 Å². The summed E-state index contributed by atoms with van der Waals surface area (Å²) in [6.45, 7) is 2.16. The third-order valence-electron chi connectivity index (χ3n) is 3.10. The molecule has 2 aromatic rings. The molecule has 18 heavy (non-hydrogen) atoms. The number of imidazole rings is 1. The fraction of sp³-hybridized carbons (Fsp3) is 0.231. The molecule has 2 heterocycles. The van der Waals surface area contributed by atoms with Crippen molar-refractivity contribution in [3.8, 4) is 0 Å². The van der Waals surface area contributed by atoms with Crippen molar-refractivity contribution in [3.63, 3.8) is 0 Å². The SMILES string of the molecule is O=C(c1cccc(I)c1)N1CCn2ccnc2C1. The third kappa shape index (κ3) is 2.14. The zero-order chi connectivity index (χ0) is 12.5. The van der Waals surface area contributed by atoms with E-state index < -0.39 is 0 Å². The first kappa shape index (κ1) is 11.7. The molecule has 0 fully saturated rings. The molecule has 3 rings (SSSR count). The second-order valence-electron chi connectivity index (χ2n) is 4.27. The Bertz CT molecular complexity index is 593. The Morgan fingerprint density at radius 2 is 2.22 bits per heavy atom. The number of carbonyl (C=O) groups excluding carboxylic acids is 1. The summed E-state index contributed by atoms with van der Waals surface area (Å²) in [5, 5.41) is 0. The Kier molecular flexibility index (Phi) is 3.07. The maximum absolute atomic E-state index is 12.4. The van der Waals surface area contributed by atoms with Crippen LogP contribution in [0, 0.1) is 3.57 Å². The van der Waals surface area contributed by atoms with Crippen LogP contribution in [0.3, 0.4) is 0 Å². The number of carbonyl (C=O) groups is 1. The van der Waals surface area contributed by atoms with Crippen LogP contribution in [0.15, 0.2) is 36.7 Å². The Morgan fingerprint density at radius 1 is 1.33 bits per heavy atom. The van der Waals surface area contributed by atoms with Crippen LogP contribution in [0.4, 0.5) is 0 Å². The van der Waals surface area contributed by atoms with E-state index in [0.29, 0.717) is 6.54 Å². The second kappa shape index (κ2) is 4.72. The first-order chi connectivity index (χ1) is 8.74. The molecule has 0 saturated heterocycles. The normalized spacial score (nSPS) is 14.4. The van der Waals surface area contributed by atoms with E-state index in [0.717, 1.165) is 28.0 Å². The summed E-state index contributed by atoms with van der Waals surface area (Å²) >= 11 is 2.22. The average molecular weight is 353 g/mol. The van der Waals surface area contributed by atoms with Crippen molar-refractivity contribution < 1.29 is 4.79 Å². The highest BCUT2D eigenvalue weighted by atomic mass is 127. The molecule has 0 bridgehead atoms. The summed E-state index contributed by atoms with van der Waals surface area (Å²) in [7, 11) is 0. The van der Waals surface area contributed by atoms with E-state index >= 15 is 0 Å². The second-order valence-corrected chi connectivity index (χ2v) is 5.52. The van der Waals surface area contributed by atoms with Crippen molar-refractivity contribution in [1.29, 1.82) is 0 Å². The monoisotopic (exact) mass is 353 g/mol. The van der Waals surface area contributed by atoms with Gasteiger partial charge in [0, 0.05) is 34.6 Å². The Morgan fingerprint density at radius 3 is 3.06 bits per heavy atom. The van der Waals surface area contributed by atoms with Crippen LogP contribution >= 0.6 is 22.6 Å². The molecular weight excluding hydrogens is 341 g/mol. The van der Waals surface area contributed by atoms with Gasteiger partial charge >= 0.3 is 0 Å². The van der Waals surface area contributed by atoms with Gasteiger partial charge in [0.2, 0.25) is 0 Å². The molecule has 0 N–H and O–H groups in total. The standard InChI is InChI=1S/C13H12IN3O/c14-11-3-1-2-10(8-11)13(18)17-7-6-16-5-4-15-12(16)9-17/h1-5,8H,6-7,9H2. The largest absolute Gasteiger partial charge is 0.332 e. The molecule has 0 saturated carbocycles. The smallest absolute Gasteiger partial charge is 0.254 e. The molecule has 0 radical (unpaired) electrons. The molecule has 1 aliphatic rings. The molecule has 1 amide bonds. The van der Waals surface area contributed by atoms with Gasteiger partial charge in [-0.15, -0.1) is 0 Å². The minimum Gasteiger partial charge on any atom is -0.332 e. The van der Waals surface area contributed by atoms with E-state index in [-0.39, 0.29) is 5.91 Å². The third-order valence-corrected chi connectivity index (χ3v) is 3.77. The van der Waals surface area contributed by atoms with E-state index in [1.54, 1.807) is 6.20 Å². The number of hydrogen-bond acceptors (Lipinski definition) is 2. The fourth-order valence-corrected chi connectivity index (χ4v) is 2.69. The molecule has 5 heteroatoms. The lowest BCUT2D eigenvalue weighted by Crippen LogP contribution is -2.38. The summed E-state index contributed by atoms with van der Waals surface area (Å²) in [5.74, 6) is 1.04. The Labute approximate surface area is 119 Å². The molecule has 0 aliphatic carbocycles. The van der Waals surface area contributed by atoms with Crippen LogP contribution in [-0.2, 0) is 13.1 Å². The van der Waals surface area contributed by atoms with Gasteiger partial charge in [-0.2, -0.15) is 0 Å². The molecule has 92 valence electrons. The van der Waals surface area contributed by atoms with Crippen LogP contribution in [0.25, 0.3) is 0 Å². The highest BCUT2D eigenvalue weighted by Crippen LogP contribution is 2.15. The molecule has 1 aliphatic heterocycles. The zero-order valence-corrected chi connectivity index (χ0v) is 11.9. The van der Waals surface area contributed by atoms with Gasteiger partial charge in [0.15, 0.2) is 0 Å². The maximum Gasteiger partial charge on any atom is 0.254 e. The number of hydrogen-bond donors (Lipinski definition) is 0. The van der Waals surface area contributed by atoms with Crippen molar-refractivity contribution >= 4 is 28.5 Å². The van der Waals surface area contributed by atoms with Crippen LogP contribution in [-0.4, -0.2) is 26.9 Å². The highest BCUT2D eigenvalue weighted by Gasteiger charge is 2.22. The van der Waals surface area contributed by atoms with Crippen LogP contribution in [0.2, 0.25) is 0 Å². The molecule has 1 aromatic carbocycles. The maximum atomic E-state index is 12.4. The van der Waals surface area contributed by atoms with Crippen molar-refractivity contribution in [2.24, 2.45) is 0 Å². The van der Waals surface area contributed by atoms with Crippen LogP contribution in [0.1, 0.15) is 16.2 Å². The van der Waals surface area contributed by atoms with E-state index in [4.69, 9.17) is 0 Å². The van der Waals surface area contributed by atoms with E-state index in [2.05, 4.69) is 32.1 Å². The lowest BCUT2D eigenvalue weighted by atomic mass is 10.2. The molecular formula is C13H12IN3O. The van der Waals surface area contributed by atoms with Gasteiger partial charge in [-0.05, 0) is 40.8 Å². The number of aromatic nitrogens is 2. The summed E-state index contributed by atoms with van der Waals surface area (Å²) in [5.41, 5.74) is 0.752. The Hall–Kier alpha value is -1.37. The van der Waals surface area contributed by atoms with Crippen molar-refractivity contribution in [1.82, 2.24) is 14.5 Å². The number of nitrogens with zero attached hydrogens (tertiary/aromatic N) is 3. The predicted molar refractivity (Wildman–Crippen MR) is 76.1 cm³/mol. The zero-order valence-electron chi connectivity index (χ0n) is 9.71. The summed E-state index contributed by atoms with van der Waals surface area (Å²) < 4.78 is 3.18. The number of amides is 1. The lowest BCUT2D eigenvalue weighted by molar-refractivity contribution is 0.0707. The van der Waals surface area contributed by atoms with Gasteiger partial charge < -0.3 is 9.47 Å². The summed E-state index contributed by atoms with van der Waals surface area (Å²) in [6, 6.07) is 7.69. The predicted octanol–water partition coefficient (Wildman–Crippen LogP) is 2.14. The number of halogens is 1. The van der Waals surface area contributed by atoms with E-state index in [1.807, 2.05) is 35.4 Å². The fourth-order valence-electron chi connectivity index (χ4n) is 2.15. The first-order valence-electron chi connectivity index (χ1n) is 5.79. The van der Waals surface area contributed by atoms with Crippen LogP contribution in [0.5, 0.6) is 0 Å². The molecule has 0 atom stereocenters. The number of rotatable bonds is 1. The molecule has 0 unspecified atom stereocenters. The van der Waals surface area contributed by atoms with Crippen molar-refractivity contribution in [2.75, 3.05) is 6.54 Å². The van der Waals surface area contributed by atoms with Gasteiger partial charge in [-0.3, -0.25) is 4.79 Å². The average Bonchev–Trinajstić information content (AvgIpc) is 2.85. The minimum atomic E-state index is 0.0859. The number of fused-ring (bicyclic) bond motifs is 1. The minimum absolute atomic E-state index is 0.0859. The molecule has 4 nitrogen and oxygen atoms in total. The topological polar surface area (TPSA) is 38.1 Å². The van der Waals surface area contributed by atoms with Gasteiger partial charge in [0.05, 0.1) is 6.54 Å². The molecule has 1 aromatic heterocycles. The highest BCUT2D eigenvalue weighted by molar-refractivity contribution is 14.1. The van der Waals surface area contributed by atoms with Gasteiger partial charge in [0.25, 0.3) is 5.91 Å². The summed E-state index contributed by atoms with van der Waals surface area (Å²) in [4.78, 5) is 18.5.